The van der Waals surface area contributed by atoms with Crippen molar-refractivity contribution in [1.29, 1.82) is 0 Å². The van der Waals surface area contributed by atoms with Gasteiger partial charge in [0.05, 0.1) is 11.7 Å². The Kier molecular flexibility index (Phi) is 4.74. The lowest BCUT2D eigenvalue weighted by atomic mass is 10.1. The molecule has 16 heavy (non-hydrogen) atoms. The van der Waals surface area contributed by atoms with Gasteiger partial charge in [-0.1, -0.05) is 6.07 Å². The Morgan fingerprint density at radius 2 is 2.12 bits per heavy atom. The van der Waals surface area contributed by atoms with E-state index in [0.717, 1.165) is 5.69 Å². The van der Waals surface area contributed by atoms with E-state index in [1.165, 1.54) is 0 Å². The first-order chi connectivity index (χ1) is 7.57. The second-order valence-corrected chi connectivity index (χ2v) is 4.23. The fourth-order valence-corrected chi connectivity index (χ4v) is 1.92. The van der Waals surface area contributed by atoms with Crippen molar-refractivity contribution in [1.82, 2.24) is 9.88 Å². The molecule has 0 fully saturated rings. The molecule has 0 saturated carbocycles. The molecule has 1 aromatic heterocycles. The molecule has 0 aromatic carbocycles. The highest BCUT2D eigenvalue weighted by Crippen LogP contribution is 2.20. The van der Waals surface area contributed by atoms with Crippen LogP contribution < -0.4 is 0 Å². The first-order valence-corrected chi connectivity index (χ1v) is 5.89. The van der Waals surface area contributed by atoms with Gasteiger partial charge in [0.15, 0.2) is 0 Å². The molecule has 1 atom stereocenters. The molecule has 0 aliphatic heterocycles. The summed E-state index contributed by atoms with van der Waals surface area (Å²) in [6.07, 6.45) is 1.73. The van der Waals surface area contributed by atoms with Gasteiger partial charge in [0.1, 0.15) is 5.88 Å². The first-order valence-electron chi connectivity index (χ1n) is 5.36. The molecule has 0 saturated heterocycles. The van der Waals surface area contributed by atoms with E-state index in [1.807, 2.05) is 39.0 Å². The third-order valence-electron chi connectivity index (χ3n) is 2.49. The van der Waals surface area contributed by atoms with Gasteiger partial charge in [-0.25, -0.2) is 0 Å². The highest BCUT2D eigenvalue weighted by Gasteiger charge is 2.23. The van der Waals surface area contributed by atoms with Gasteiger partial charge in [-0.3, -0.25) is 9.78 Å². The second kappa shape index (κ2) is 5.85. The number of hydrogen-bond donors (Lipinski definition) is 0. The maximum Gasteiger partial charge on any atom is 0.238 e. The number of pyridine rings is 1. The Morgan fingerprint density at radius 1 is 1.44 bits per heavy atom. The summed E-state index contributed by atoms with van der Waals surface area (Å²) in [5, 5.41) is 0. The van der Waals surface area contributed by atoms with E-state index in [4.69, 9.17) is 11.6 Å². The third kappa shape index (κ3) is 2.95. The fraction of sp³-hybridized carbons (Fsp3) is 0.500. The van der Waals surface area contributed by atoms with E-state index >= 15 is 0 Å². The first kappa shape index (κ1) is 13.0. The minimum absolute atomic E-state index is 0.00928. The van der Waals surface area contributed by atoms with Crippen molar-refractivity contribution in [3.05, 3.63) is 30.1 Å². The molecular weight excluding hydrogens is 224 g/mol. The van der Waals surface area contributed by atoms with E-state index in [2.05, 4.69) is 4.98 Å². The quantitative estimate of drug-likeness (QED) is 0.758. The van der Waals surface area contributed by atoms with Crippen molar-refractivity contribution >= 4 is 17.5 Å². The van der Waals surface area contributed by atoms with Gasteiger partial charge < -0.3 is 4.90 Å². The Bertz CT molecular complexity index is 340. The van der Waals surface area contributed by atoms with Crippen LogP contribution in [-0.2, 0) is 4.79 Å². The van der Waals surface area contributed by atoms with Gasteiger partial charge >= 0.3 is 0 Å². The zero-order valence-electron chi connectivity index (χ0n) is 9.85. The van der Waals surface area contributed by atoms with Gasteiger partial charge in [-0.15, -0.1) is 11.6 Å². The molecular formula is C12H17ClN2O. The Labute approximate surface area is 101 Å². The van der Waals surface area contributed by atoms with Crippen LogP contribution in [0, 0.1) is 0 Å². The lowest BCUT2D eigenvalue weighted by molar-refractivity contribution is -0.132. The van der Waals surface area contributed by atoms with Crippen molar-refractivity contribution < 1.29 is 4.79 Å². The number of nitrogens with zero attached hydrogens (tertiary/aromatic N) is 2. The number of aromatic nitrogens is 1. The molecule has 0 aliphatic carbocycles. The SMILES string of the molecule is CC(C)N(C(=O)CCl)C(C)c1ccccn1. The summed E-state index contributed by atoms with van der Waals surface area (Å²) in [5.41, 5.74) is 0.884. The van der Waals surface area contributed by atoms with E-state index in [9.17, 15) is 4.79 Å². The summed E-state index contributed by atoms with van der Waals surface area (Å²) in [6.45, 7) is 5.92. The Hall–Kier alpha value is -1.09. The number of amides is 1. The van der Waals surface area contributed by atoms with Crippen LogP contribution in [0.15, 0.2) is 24.4 Å². The highest BCUT2D eigenvalue weighted by atomic mass is 35.5. The van der Waals surface area contributed by atoms with Crippen LogP contribution in [0.2, 0.25) is 0 Å². The smallest absolute Gasteiger partial charge is 0.238 e. The number of alkyl halides is 1. The zero-order valence-corrected chi connectivity index (χ0v) is 10.6. The molecule has 0 aliphatic rings. The predicted molar refractivity (Wildman–Crippen MR) is 65.4 cm³/mol. The normalized spacial score (nSPS) is 12.6. The van der Waals surface area contributed by atoms with Crippen molar-refractivity contribution in [3.8, 4) is 0 Å². The lowest BCUT2D eigenvalue weighted by Crippen LogP contribution is -2.40. The van der Waals surface area contributed by atoms with E-state index in [-0.39, 0.29) is 23.9 Å². The summed E-state index contributed by atoms with van der Waals surface area (Å²) in [5.74, 6) is -0.0511. The molecule has 4 heteroatoms. The second-order valence-electron chi connectivity index (χ2n) is 3.96. The largest absolute Gasteiger partial charge is 0.331 e. The van der Waals surface area contributed by atoms with E-state index in [1.54, 1.807) is 11.1 Å². The molecule has 1 unspecified atom stereocenters. The monoisotopic (exact) mass is 240 g/mol. The molecule has 1 aromatic rings. The molecule has 1 rings (SSSR count). The van der Waals surface area contributed by atoms with Crippen LogP contribution in [0.4, 0.5) is 0 Å². The summed E-state index contributed by atoms with van der Waals surface area (Å²) in [4.78, 5) is 17.8. The number of rotatable bonds is 4. The van der Waals surface area contributed by atoms with Crippen LogP contribution in [0.25, 0.3) is 0 Å². The van der Waals surface area contributed by atoms with Crippen LogP contribution in [-0.4, -0.2) is 27.7 Å². The average Bonchev–Trinajstić information content (AvgIpc) is 2.29. The lowest BCUT2D eigenvalue weighted by Gasteiger charge is -2.32. The summed E-state index contributed by atoms with van der Waals surface area (Å²) in [7, 11) is 0. The van der Waals surface area contributed by atoms with E-state index < -0.39 is 0 Å². The fourth-order valence-electron chi connectivity index (χ4n) is 1.79. The van der Waals surface area contributed by atoms with Gasteiger partial charge in [0.2, 0.25) is 5.91 Å². The van der Waals surface area contributed by atoms with Crippen LogP contribution >= 0.6 is 11.6 Å². The Morgan fingerprint density at radius 3 is 2.56 bits per heavy atom. The van der Waals surface area contributed by atoms with Gasteiger partial charge in [-0.05, 0) is 32.9 Å². The summed E-state index contributed by atoms with van der Waals surface area (Å²) in [6, 6.07) is 5.76. The standard InChI is InChI=1S/C12H17ClN2O/c1-9(2)15(12(16)8-13)10(3)11-6-4-5-7-14-11/h4-7,9-10H,8H2,1-3H3. The third-order valence-corrected chi connectivity index (χ3v) is 2.72. The predicted octanol–water partition coefficient (Wildman–Crippen LogP) is 2.62. The number of carbonyl (C=O) groups is 1. The maximum atomic E-state index is 11.7. The Balaban J connectivity index is 2.92. The minimum atomic E-state index is -0.0604. The molecule has 0 radical (unpaired) electrons. The number of halogens is 1. The average molecular weight is 241 g/mol. The van der Waals surface area contributed by atoms with Gasteiger partial charge in [0.25, 0.3) is 0 Å². The van der Waals surface area contributed by atoms with Crippen LogP contribution in [0.1, 0.15) is 32.5 Å². The number of hydrogen-bond acceptors (Lipinski definition) is 2. The zero-order chi connectivity index (χ0) is 12.1. The van der Waals surface area contributed by atoms with Gasteiger partial charge in [-0.2, -0.15) is 0 Å². The molecule has 3 nitrogen and oxygen atoms in total. The van der Waals surface area contributed by atoms with Gasteiger partial charge in [0, 0.05) is 12.2 Å². The number of carbonyl (C=O) groups excluding carboxylic acids is 1. The summed E-state index contributed by atoms with van der Waals surface area (Å²) < 4.78 is 0. The van der Waals surface area contributed by atoms with Crippen molar-refractivity contribution in [2.24, 2.45) is 0 Å². The molecule has 1 amide bonds. The topological polar surface area (TPSA) is 33.2 Å². The molecule has 1 heterocycles. The highest BCUT2D eigenvalue weighted by molar-refractivity contribution is 6.27. The van der Waals surface area contributed by atoms with Crippen molar-refractivity contribution in [3.63, 3.8) is 0 Å². The van der Waals surface area contributed by atoms with Crippen molar-refractivity contribution in [2.75, 3.05) is 5.88 Å². The van der Waals surface area contributed by atoms with Crippen LogP contribution in [0.5, 0.6) is 0 Å². The maximum absolute atomic E-state index is 11.7. The molecule has 0 spiro atoms. The molecule has 0 bridgehead atoms. The van der Waals surface area contributed by atoms with Crippen LogP contribution in [0.3, 0.4) is 0 Å². The molecule has 88 valence electrons. The van der Waals surface area contributed by atoms with E-state index in [0.29, 0.717) is 0 Å². The minimum Gasteiger partial charge on any atom is -0.331 e. The summed E-state index contributed by atoms with van der Waals surface area (Å²) >= 11 is 5.61. The van der Waals surface area contributed by atoms with Crippen molar-refractivity contribution in [2.45, 2.75) is 32.9 Å². The molecule has 0 N–H and O–H groups in total.